The number of aromatic nitrogens is 2. The molecule has 2 saturated heterocycles. The number of pyridine rings is 1. The number of nitrogens with zero attached hydrogens (tertiary/aromatic N) is 4. The standard InChI is InChI=1S/C19H24N4OS.C2HF3O2/c1-14-5-3-6-17(20-14)23-9-4-7-19(13-23)8-10-22(18(19)24)11-16-12-25-15(2)21-16;3-2(4,5)1(6)7/h3,5-6,12H,4,7-11,13H2,1-2H3;(H,6,7). The molecule has 1 atom stereocenters. The number of carboxylic acid groups (broad SMARTS) is 1. The number of halogens is 3. The Morgan fingerprint density at radius 2 is 1.94 bits per heavy atom. The summed E-state index contributed by atoms with van der Waals surface area (Å²) in [6.07, 6.45) is -2.11. The summed E-state index contributed by atoms with van der Waals surface area (Å²) in [6.45, 7) is 7.28. The zero-order chi connectivity index (χ0) is 23.5. The van der Waals surface area contributed by atoms with Crippen LogP contribution < -0.4 is 4.90 Å². The van der Waals surface area contributed by atoms with E-state index in [0.717, 1.165) is 61.1 Å². The molecule has 174 valence electrons. The number of amides is 1. The molecule has 2 aromatic rings. The Labute approximate surface area is 187 Å². The molecular weight excluding hydrogens is 445 g/mol. The van der Waals surface area contributed by atoms with Crippen LogP contribution in [0, 0.1) is 19.3 Å². The average molecular weight is 471 g/mol. The van der Waals surface area contributed by atoms with Crippen LogP contribution in [0.5, 0.6) is 0 Å². The van der Waals surface area contributed by atoms with Crippen LogP contribution in [0.25, 0.3) is 0 Å². The Morgan fingerprint density at radius 3 is 2.53 bits per heavy atom. The first-order valence-corrected chi connectivity index (χ1v) is 11.1. The molecule has 4 heterocycles. The van der Waals surface area contributed by atoms with Crippen LogP contribution in [0.15, 0.2) is 23.6 Å². The Balaban J connectivity index is 0.000000360. The van der Waals surface area contributed by atoms with Crippen molar-refractivity contribution in [2.45, 2.75) is 45.8 Å². The highest BCUT2D eigenvalue weighted by Gasteiger charge is 2.49. The van der Waals surface area contributed by atoms with E-state index < -0.39 is 12.1 Å². The molecule has 2 fully saturated rings. The maximum atomic E-state index is 13.2. The molecule has 0 bridgehead atoms. The van der Waals surface area contributed by atoms with E-state index in [1.165, 1.54) is 0 Å². The summed E-state index contributed by atoms with van der Waals surface area (Å²) in [5, 5.41) is 10.3. The third-order valence-electron chi connectivity index (χ3n) is 5.64. The quantitative estimate of drug-likeness (QED) is 0.734. The lowest BCUT2D eigenvalue weighted by atomic mass is 9.78. The number of aliphatic carboxylic acids is 1. The van der Waals surface area contributed by atoms with E-state index in [4.69, 9.17) is 9.90 Å². The summed E-state index contributed by atoms with van der Waals surface area (Å²) in [4.78, 5) is 35.6. The fourth-order valence-electron chi connectivity index (χ4n) is 4.13. The molecule has 1 N–H and O–H groups in total. The van der Waals surface area contributed by atoms with Gasteiger partial charge in [0.2, 0.25) is 5.91 Å². The van der Waals surface area contributed by atoms with Gasteiger partial charge in [-0.3, -0.25) is 4.79 Å². The first-order valence-electron chi connectivity index (χ1n) is 10.2. The Bertz CT molecular complexity index is 981. The summed E-state index contributed by atoms with van der Waals surface area (Å²) in [5.41, 5.74) is 1.80. The molecule has 1 unspecified atom stereocenters. The Hall–Kier alpha value is -2.69. The van der Waals surface area contributed by atoms with Gasteiger partial charge in [-0.15, -0.1) is 11.3 Å². The molecule has 2 aliphatic heterocycles. The number of anilines is 1. The maximum Gasteiger partial charge on any atom is 0.490 e. The Kier molecular flexibility index (Phi) is 7.06. The number of rotatable bonds is 3. The van der Waals surface area contributed by atoms with Crippen LogP contribution in [0.1, 0.15) is 35.7 Å². The van der Waals surface area contributed by atoms with E-state index in [0.29, 0.717) is 12.5 Å². The van der Waals surface area contributed by atoms with E-state index in [2.05, 4.69) is 26.3 Å². The van der Waals surface area contributed by atoms with Gasteiger partial charge < -0.3 is 14.9 Å². The predicted molar refractivity (Wildman–Crippen MR) is 113 cm³/mol. The van der Waals surface area contributed by atoms with Gasteiger partial charge in [-0.05, 0) is 45.2 Å². The zero-order valence-corrected chi connectivity index (χ0v) is 18.7. The summed E-state index contributed by atoms with van der Waals surface area (Å²) < 4.78 is 31.7. The van der Waals surface area contributed by atoms with Crippen molar-refractivity contribution in [1.82, 2.24) is 14.9 Å². The molecule has 7 nitrogen and oxygen atoms in total. The van der Waals surface area contributed by atoms with Crippen LogP contribution in [0.3, 0.4) is 0 Å². The predicted octanol–water partition coefficient (Wildman–Crippen LogP) is 3.81. The minimum absolute atomic E-state index is 0.241. The molecule has 1 spiro atoms. The van der Waals surface area contributed by atoms with Crippen LogP contribution in [-0.2, 0) is 16.1 Å². The topological polar surface area (TPSA) is 86.6 Å². The molecule has 0 aromatic carbocycles. The maximum absolute atomic E-state index is 13.2. The number of hydrogen-bond acceptors (Lipinski definition) is 6. The summed E-state index contributed by atoms with van der Waals surface area (Å²) >= 11 is 1.65. The lowest BCUT2D eigenvalue weighted by molar-refractivity contribution is -0.192. The summed E-state index contributed by atoms with van der Waals surface area (Å²) in [7, 11) is 0. The second-order valence-electron chi connectivity index (χ2n) is 8.08. The molecule has 11 heteroatoms. The van der Waals surface area contributed by atoms with Gasteiger partial charge in [-0.25, -0.2) is 14.8 Å². The molecule has 0 aliphatic carbocycles. The highest BCUT2D eigenvalue weighted by Crippen LogP contribution is 2.41. The normalized spacial score (nSPS) is 21.0. The summed E-state index contributed by atoms with van der Waals surface area (Å²) in [6, 6.07) is 6.12. The minimum Gasteiger partial charge on any atom is -0.475 e. The SMILES string of the molecule is Cc1cccc(N2CCCC3(CCN(Cc4csc(C)n4)C3=O)C2)n1.O=C(O)C(F)(F)F. The van der Waals surface area contributed by atoms with E-state index in [-0.39, 0.29) is 5.41 Å². The number of carboxylic acids is 1. The van der Waals surface area contributed by atoms with Crippen molar-refractivity contribution in [3.05, 3.63) is 40.0 Å². The van der Waals surface area contributed by atoms with E-state index in [1.54, 1.807) is 11.3 Å². The number of carbonyl (C=O) groups excluding carboxylic acids is 1. The third-order valence-corrected chi connectivity index (χ3v) is 6.46. The number of alkyl halides is 3. The largest absolute Gasteiger partial charge is 0.490 e. The van der Waals surface area contributed by atoms with Crippen LogP contribution >= 0.6 is 11.3 Å². The molecule has 0 radical (unpaired) electrons. The van der Waals surface area contributed by atoms with Gasteiger partial charge in [0.1, 0.15) is 5.82 Å². The zero-order valence-electron chi connectivity index (χ0n) is 17.9. The van der Waals surface area contributed by atoms with Gasteiger partial charge in [0.05, 0.1) is 22.7 Å². The van der Waals surface area contributed by atoms with E-state index in [1.807, 2.05) is 30.9 Å². The first-order chi connectivity index (χ1) is 15.0. The lowest BCUT2D eigenvalue weighted by Gasteiger charge is -2.39. The van der Waals surface area contributed by atoms with E-state index >= 15 is 0 Å². The minimum atomic E-state index is -5.08. The van der Waals surface area contributed by atoms with Crippen molar-refractivity contribution >= 4 is 29.0 Å². The highest BCUT2D eigenvalue weighted by molar-refractivity contribution is 7.09. The van der Waals surface area contributed by atoms with Crippen molar-refractivity contribution < 1.29 is 27.9 Å². The smallest absolute Gasteiger partial charge is 0.475 e. The van der Waals surface area contributed by atoms with Crippen molar-refractivity contribution in [3.8, 4) is 0 Å². The fourth-order valence-corrected chi connectivity index (χ4v) is 4.73. The number of aryl methyl sites for hydroxylation is 2. The fraction of sp³-hybridized carbons (Fsp3) is 0.524. The molecule has 0 saturated carbocycles. The van der Waals surface area contributed by atoms with Gasteiger partial charge in [0.25, 0.3) is 0 Å². The number of hydrogen-bond donors (Lipinski definition) is 1. The second kappa shape index (κ2) is 9.43. The average Bonchev–Trinajstić information content (AvgIpc) is 3.26. The van der Waals surface area contributed by atoms with Crippen LogP contribution in [0.4, 0.5) is 19.0 Å². The van der Waals surface area contributed by atoms with Crippen LogP contribution in [-0.4, -0.2) is 57.7 Å². The van der Waals surface area contributed by atoms with Gasteiger partial charge in [-0.2, -0.15) is 13.2 Å². The van der Waals surface area contributed by atoms with Crippen molar-refractivity contribution in [2.24, 2.45) is 5.41 Å². The Morgan fingerprint density at radius 1 is 1.22 bits per heavy atom. The monoisotopic (exact) mass is 470 g/mol. The van der Waals surface area contributed by atoms with Crippen LogP contribution in [0.2, 0.25) is 0 Å². The van der Waals surface area contributed by atoms with Gasteiger partial charge in [0, 0.05) is 30.7 Å². The number of piperidine rings is 1. The summed E-state index contributed by atoms with van der Waals surface area (Å²) in [5.74, 6) is -1.46. The van der Waals surface area contributed by atoms with Gasteiger partial charge in [0.15, 0.2) is 0 Å². The molecule has 1 amide bonds. The van der Waals surface area contributed by atoms with Crippen molar-refractivity contribution in [1.29, 1.82) is 0 Å². The lowest BCUT2D eigenvalue weighted by Crippen LogP contribution is -2.48. The molecule has 32 heavy (non-hydrogen) atoms. The number of carbonyl (C=O) groups is 2. The second-order valence-corrected chi connectivity index (χ2v) is 9.14. The van der Waals surface area contributed by atoms with Crippen molar-refractivity contribution in [2.75, 3.05) is 24.5 Å². The van der Waals surface area contributed by atoms with E-state index in [9.17, 15) is 18.0 Å². The number of thiazole rings is 1. The number of likely N-dealkylation sites (tertiary alicyclic amines) is 1. The van der Waals surface area contributed by atoms with Gasteiger partial charge in [-0.1, -0.05) is 6.07 Å². The molecule has 2 aromatic heterocycles. The first kappa shape index (κ1) is 24.0. The van der Waals surface area contributed by atoms with Gasteiger partial charge >= 0.3 is 12.1 Å². The van der Waals surface area contributed by atoms with Crippen molar-refractivity contribution in [3.63, 3.8) is 0 Å². The highest BCUT2D eigenvalue weighted by atomic mass is 32.1. The molecule has 2 aliphatic rings. The molecule has 4 rings (SSSR count). The third kappa shape index (κ3) is 5.56. The molecular formula is C21H25F3N4O3S.